The number of amides is 1. The van der Waals surface area contributed by atoms with Crippen molar-refractivity contribution < 1.29 is 18.4 Å². The Labute approximate surface area is 165 Å². The standard InChI is InChI=1S/C20H17ClFN3O3/c1-27-14-7-4-12(5-8-14)18-23-19(28-24-18)17-3-2-10-25(17)20(26)13-6-9-16(22)15(21)11-13/h4-9,11,17H,2-3,10H2,1H3. The van der Waals surface area contributed by atoms with Crippen LogP contribution in [0.25, 0.3) is 11.4 Å². The molecule has 0 aliphatic carbocycles. The zero-order valence-corrected chi connectivity index (χ0v) is 15.8. The lowest BCUT2D eigenvalue weighted by atomic mass is 10.1. The lowest BCUT2D eigenvalue weighted by molar-refractivity contribution is 0.0710. The van der Waals surface area contributed by atoms with E-state index in [1.165, 1.54) is 18.2 Å². The lowest BCUT2D eigenvalue weighted by Gasteiger charge is -2.22. The van der Waals surface area contributed by atoms with E-state index in [0.29, 0.717) is 30.2 Å². The first-order valence-electron chi connectivity index (χ1n) is 8.81. The lowest BCUT2D eigenvalue weighted by Crippen LogP contribution is -2.30. The maximum absolute atomic E-state index is 13.4. The molecule has 0 saturated carbocycles. The molecule has 0 radical (unpaired) electrons. The molecule has 2 heterocycles. The minimum absolute atomic E-state index is 0.0822. The maximum atomic E-state index is 13.4. The summed E-state index contributed by atoms with van der Waals surface area (Å²) in [4.78, 5) is 19.0. The summed E-state index contributed by atoms with van der Waals surface area (Å²) in [5.74, 6) is 0.760. The summed E-state index contributed by atoms with van der Waals surface area (Å²) >= 11 is 5.82. The van der Waals surface area contributed by atoms with E-state index in [0.717, 1.165) is 17.7 Å². The number of benzene rings is 2. The van der Waals surface area contributed by atoms with E-state index in [-0.39, 0.29) is 17.0 Å². The molecule has 0 N–H and O–H groups in total. The molecule has 1 fully saturated rings. The normalized spacial score (nSPS) is 16.4. The number of hydrogen-bond acceptors (Lipinski definition) is 5. The first-order valence-corrected chi connectivity index (χ1v) is 9.18. The number of halogens is 2. The molecule has 1 atom stereocenters. The molecule has 1 unspecified atom stereocenters. The minimum atomic E-state index is -0.558. The van der Waals surface area contributed by atoms with Gasteiger partial charge in [-0.15, -0.1) is 0 Å². The third-order valence-electron chi connectivity index (χ3n) is 4.76. The quantitative estimate of drug-likeness (QED) is 0.643. The first-order chi connectivity index (χ1) is 13.6. The predicted octanol–water partition coefficient (Wildman–Crippen LogP) is 4.52. The highest BCUT2D eigenvalue weighted by Gasteiger charge is 2.34. The smallest absolute Gasteiger partial charge is 0.254 e. The molecule has 144 valence electrons. The molecule has 0 spiro atoms. The molecule has 1 amide bonds. The van der Waals surface area contributed by atoms with Crippen LogP contribution >= 0.6 is 11.6 Å². The summed E-state index contributed by atoms with van der Waals surface area (Å²) in [6.07, 6.45) is 1.52. The van der Waals surface area contributed by atoms with E-state index < -0.39 is 5.82 Å². The van der Waals surface area contributed by atoms with Crippen molar-refractivity contribution in [2.24, 2.45) is 0 Å². The van der Waals surface area contributed by atoms with Gasteiger partial charge in [0.15, 0.2) is 0 Å². The van der Waals surface area contributed by atoms with Crippen LogP contribution < -0.4 is 4.74 Å². The highest BCUT2D eigenvalue weighted by atomic mass is 35.5. The predicted molar refractivity (Wildman–Crippen MR) is 101 cm³/mol. The Morgan fingerprint density at radius 2 is 2.07 bits per heavy atom. The molecule has 3 aromatic rings. The van der Waals surface area contributed by atoms with Crippen LogP contribution in [0, 0.1) is 5.82 Å². The average molecular weight is 402 g/mol. The van der Waals surface area contributed by atoms with Crippen molar-refractivity contribution in [2.45, 2.75) is 18.9 Å². The van der Waals surface area contributed by atoms with Gasteiger partial charge in [-0.1, -0.05) is 16.8 Å². The number of likely N-dealkylation sites (tertiary alicyclic amines) is 1. The fourth-order valence-electron chi connectivity index (χ4n) is 3.29. The summed E-state index contributed by atoms with van der Waals surface area (Å²) < 4.78 is 24.0. The van der Waals surface area contributed by atoms with Crippen LogP contribution in [0.3, 0.4) is 0 Å². The average Bonchev–Trinajstić information content (AvgIpc) is 3.39. The van der Waals surface area contributed by atoms with Gasteiger partial charge < -0.3 is 14.2 Å². The van der Waals surface area contributed by atoms with Gasteiger partial charge in [0.1, 0.15) is 17.6 Å². The minimum Gasteiger partial charge on any atom is -0.497 e. The molecule has 4 rings (SSSR count). The summed E-state index contributed by atoms with van der Waals surface area (Å²) in [7, 11) is 1.60. The van der Waals surface area contributed by atoms with E-state index in [1.807, 2.05) is 24.3 Å². The number of methoxy groups -OCH3 is 1. The van der Waals surface area contributed by atoms with Crippen molar-refractivity contribution in [1.82, 2.24) is 15.0 Å². The van der Waals surface area contributed by atoms with Gasteiger partial charge in [-0.05, 0) is 55.3 Å². The van der Waals surface area contributed by atoms with Crippen molar-refractivity contribution in [3.05, 3.63) is 64.8 Å². The van der Waals surface area contributed by atoms with Gasteiger partial charge >= 0.3 is 0 Å². The number of carbonyl (C=O) groups excluding carboxylic acids is 1. The first kappa shape index (κ1) is 18.4. The van der Waals surface area contributed by atoms with Gasteiger partial charge in [0, 0.05) is 17.7 Å². The Balaban J connectivity index is 1.57. The van der Waals surface area contributed by atoms with Crippen LogP contribution in [0.5, 0.6) is 5.75 Å². The van der Waals surface area contributed by atoms with E-state index in [2.05, 4.69) is 10.1 Å². The van der Waals surface area contributed by atoms with Crippen LogP contribution in [0.4, 0.5) is 4.39 Å². The van der Waals surface area contributed by atoms with Gasteiger partial charge in [-0.25, -0.2) is 4.39 Å². The second-order valence-corrected chi connectivity index (χ2v) is 6.88. The summed E-state index contributed by atoms with van der Waals surface area (Å²) in [5.41, 5.74) is 1.12. The molecule has 1 aliphatic heterocycles. The highest BCUT2D eigenvalue weighted by molar-refractivity contribution is 6.31. The van der Waals surface area contributed by atoms with Crippen LogP contribution in [-0.4, -0.2) is 34.6 Å². The molecule has 1 aromatic heterocycles. The van der Waals surface area contributed by atoms with Gasteiger partial charge in [-0.2, -0.15) is 4.98 Å². The van der Waals surface area contributed by atoms with E-state index in [4.69, 9.17) is 20.9 Å². The van der Waals surface area contributed by atoms with E-state index >= 15 is 0 Å². The zero-order chi connectivity index (χ0) is 19.7. The summed E-state index contributed by atoms with van der Waals surface area (Å²) in [6, 6.07) is 10.9. The van der Waals surface area contributed by atoms with Gasteiger partial charge in [0.2, 0.25) is 11.7 Å². The van der Waals surface area contributed by atoms with Crippen LogP contribution in [-0.2, 0) is 0 Å². The van der Waals surface area contributed by atoms with Gasteiger partial charge in [0.05, 0.1) is 12.1 Å². The van der Waals surface area contributed by atoms with Crippen molar-refractivity contribution in [3.63, 3.8) is 0 Å². The number of nitrogens with zero attached hydrogens (tertiary/aromatic N) is 3. The number of ether oxygens (including phenoxy) is 1. The third kappa shape index (κ3) is 3.45. The number of aromatic nitrogens is 2. The maximum Gasteiger partial charge on any atom is 0.254 e. The largest absolute Gasteiger partial charge is 0.497 e. The Morgan fingerprint density at radius 1 is 1.29 bits per heavy atom. The SMILES string of the molecule is COc1ccc(-c2noc(C3CCCN3C(=O)c3ccc(F)c(Cl)c3)n2)cc1. The molecule has 8 heteroatoms. The molecule has 1 aliphatic rings. The van der Waals surface area contributed by atoms with E-state index in [1.54, 1.807) is 12.0 Å². The van der Waals surface area contributed by atoms with Gasteiger partial charge in [-0.3, -0.25) is 4.79 Å². The summed E-state index contributed by atoms with van der Waals surface area (Å²) in [6.45, 7) is 0.554. The van der Waals surface area contributed by atoms with E-state index in [9.17, 15) is 9.18 Å². The molecule has 6 nitrogen and oxygen atoms in total. The molecule has 1 saturated heterocycles. The van der Waals surface area contributed by atoms with Crippen molar-refractivity contribution in [1.29, 1.82) is 0 Å². The van der Waals surface area contributed by atoms with Crippen LogP contribution in [0.2, 0.25) is 5.02 Å². The van der Waals surface area contributed by atoms with Crippen molar-refractivity contribution in [2.75, 3.05) is 13.7 Å². The zero-order valence-electron chi connectivity index (χ0n) is 15.1. The Hall–Kier alpha value is -2.93. The van der Waals surface area contributed by atoms with Crippen molar-refractivity contribution >= 4 is 17.5 Å². The van der Waals surface area contributed by atoms with Crippen LogP contribution in [0.15, 0.2) is 47.0 Å². The highest BCUT2D eigenvalue weighted by Crippen LogP contribution is 2.33. The molecule has 0 bridgehead atoms. The Bertz CT molecular complexity index is 1010. The number of carbonyl (C=O) groups is 1. The molecule has 28 heavy (non-hydrogen) atoms. The van der Waals surface area contributed by atoms with Crippen LogP contribution in [0.1, 0.15) is 35.1 Å². The number of hydrogen-bond donors (Lipinski definition) is 0. The second kappa shape index (κ2) is 7.59. The third-order valence-corrected chi connectivity index (χ3v) is 5.04. The monoisotopic (exact) mass is 401 g/mol. The number of rotatable bonds is 4. The Morgan fingerprint density at radius 3 is 2.79 bits per heavy atom. The molecular weight excluding hydrogens is 385 g/mol. The topological polar surface area (TPSA) is 68.5 Å². The van der Waals surface area contributed by atoms with Gasteiger partial charge in [0.25, 0.3) is 5.91 Å². The fraction of sp³-hybridized carbons (Fsp3) is 0.250. The van der Waals surface area contributed by atoms with Crippen molar-refractivity contribution in [3.8, 4) is 17.1 Å². The Kier molecular flexibility index (Phi) is 5.00. The second-order valence-electron chi connectivity index (χ2n) is 6.47. The summed E-state index contributed by atoms with van der Waals surface area (Å²) in [5, 5.41) is 3.96. The molecule has 2 aromatic carbocycles. The molecular formula is C20H17ClFN3O3. The fourth-order valence-corrected chi connectivity index (χ4v) is 3.47.